The lowest BCUT2D eigenvalue weighted by Crippen LogP contribution is -2.23. The van der Waals surface area contributed by atoms with E-state index in [2.05, 4.69) is 5.32 Å². The summed E-state index contributed by atoms with van der Waals surface area (Å²) in [5.41, 5.74) is -1.06. The highest BCUT2D eigenvalue weighted by Gasteiger charge is 2.39. The number of benzene rings is 3. The Bertz CT molecular complexity index is 1170. The van der Waals surface area contributed by atoms with Gasteiger partial charge >= 0.3 is 5.69 Å². The predicted molar refractivity (Wildman–Crippen MR) is 99.5 cm³/mol. The SMILES string of the molecule is O=C1c2ccc(Nc3ccccc3)c([N+](=O)[O-])c2C(=O)c2cc(O)cc(O)c21. The van der Waals surface area contributed by atoms with Crippen LogP contribution in [0.3, 0.4) is 0 Å². The van der Waals surface area contributed by atoms with Crippen molar-refractivity contribution in [2.24, 2.45) is 0 Å². The fourth-order valence-corrected chi connectivity index (χ4v) is 3.28. The van der Waals surface area contributed by atoms with Crippen LogP contribution in [0.4, 0.5) is 17.1 Å². The van der Waals surface area contributed by atoms with Crippen LogP contribution in [0.2, 0.25) is 0 Å². The van der Waals surface area contributed by atoms with Crippen LogP contribution in [0, 0.1) is 10.1 Å². The van der Waals surface area contributed by atoms with Crippen LogP contribution < -0.4 is 5.32 Å². The van der Waals surface area contributed by atoms with Crippen LogP contribution in [-0.2, 0) is 0 Å². The molecule has 0 unspecified atom stereocenters. The minimum Gasteiger partial charge on any atom is -0.508 e. The molecule has 0 saturated carbocycles. The van der Waals surface area contributed by atoms with E-state index in [-0.39, 0.29) is 27.9 Å². The number of hydrogen-bond donors (Lipinski definition) is 3. The fourth-order valence-electron chi connectivity index (χ4n) is 3.28. The van der Waals surface area contributed by atoms with Crippen LogP contribution >= 0.6 is 0 Å². The zero-order valence-corrected chi connectivity index (χ0v) is 14.2. The van der Waals surface area contributed by atoms with E-state index in [0.29, 0.717) is 5.69 Å². The van der Waals surface area contributed by atoms with E-state index >= 15 is 0 Å². The lowest BCUT2D eigenvalue weighted by Gasteiger charge is -2.20. The molecule has 0 heterocycles. The molecule has 138 valence electrons. The fraction of sp³-hybridized carbons (Fsp3) is 0. The van der Waals surface area contributed by atoms with Gasteiger partial charge in [0, 0.05) is 22.9 Å². The molecule has 0 spiro atoms. The molecule has 28 heavy (non-hydrogen) atoms. The number of phenols is 2. The Morgan fingerprint density at radius 1 is 0.857 bits per heavy atom. The number of para-hydroxylation sites is 1. The number of ketones is 2. The Kier molecular flexibility index (Phi) is 3.82. The Morgan fingerprint density at radius 2 is 1.54 bits per heavy atom. The number of aromatic hydroxyl groups is 2. The monoisotopic (exact) mass is 376 g/mol. The van der Waals surface area contributed by atoms with Gasteiger partial charge in [0.2, 0.25) is 5.78 Å². The molecule has 3 aromatic carbocycles. The van der Waals surface area contributed by atoms with E-state index < -0.39 is 33.7 Å². The second kappa shape index (κ2) is 6.20. The van der Waals surface area contributed by atoms with Crippen molar-refractivity contribution in [3.63, 3.8) is 0 Å². The van der Waals surface area contributed by atoms with Gasteiger partial charge in [0.15, 0.2) is 5.78 Å². The molecule has 0 amide bonds. The number of nitro benzene ring substituents is 1. The molecular weight excluding hydrogens is 364 g/mol. The predicted octanol–water partition coefficient (Wildman–Crippen LogP) is 3.53. The molecule has 0 fully saturated rings. The van der Waals surface area contributed by atoms with Crippen LogP contribution in [0.1, 0.15) is 31.8 Å². The van der Waals surface area contributed by atoms with Crippen molar-refractivity contribution >= 4 is 28.6 Å². The summed E-state index contributed by atoms with van der Waals surface area (Å²) >= 11 is 0. The molecule has 0 aromatic heterocycles. The maximum Gasteiger partial charge on any atom is 0.304 e. The number of hydrogen-bond acceptors (Lipinski definition) is 7. The summed E-state index contributed by atoms with van der Waals surface area (Å²) in [7, 11) is 0. The Morgan fingerprint density at radius 3 is 2.21 bits per heavy atom. The molecule has 0 aliphatic heterocycles. The molecule has 0 radical (unpaired) electrons. The van der Waals surface area contributed by atoms with Gasteiger partial charge < -0.3 is 15.5 Å². The topological polar surface area (TPSA) is 130 Å². The molecule has 8 heteroatoms. The third-order valence-electron chi connectivity index (χ3n) is 4.46. The highest BCUT2D eigenvalue weighted by atomic mass is 16.6. The van der Waals surface area contributed by atoms with Crippen molar-refractivity contribution in [1.29, 1.82) is 0 Å². The maximum atomic E-state index is 13.0. The number of carbonyl (C=O) groups excluding carboxylic acids is 2. The minimum atomic E-state index is -0.820. The summed E-state index contributed by atoms with van der Waals surface area (Å²) < 4.78 is 0. The second-order valence-corrected chi connectivity index (χ2v) is 6.18. The summed E-state index contributed by atoms with van der Waals surface area (Å²) in [6.45, 7) is 0. The molecule has 1 aliphatic carbocycles. The number of nitro groups is 1. The Labute approximate surface area is 157 Å². The van der Waals surface area contributed by atoms with Crippen LogP contribution in [0.25, 0.3) is 0 Å². The summed E-state index contributed by atoms with van der Waals surface area (Å²) in [5, 5.41) is 34.3. The van der Waals surface area contributed by atoms with Crippen molar-refractivity contribution in [2.75, 3.05) is 5.32 Å². The van der Waals surface area contributed by atoms with Gasteiger partial charge in [-0.05, 0) is 30.3 Å². The molecule has 3 aromatic rings. The van der Waals surface area contributed by atoms with Crippen LogP contribution in [-0.4, -0.2) is 26.7 Å². The number of phenolic OH excluding ortho intramolecular Hbond substituents is 2. The van der Waals surface area contributed by atoms with Crippen molar-refractivity contribution < 1.29 is 24.7 Å². The van der Waals surface area contributed by atoms with Gasteiger partial charge in [0.1, 0.15) is 22.7 Å². The van der Waals surface area contributed by atoms with Crippen LogP contribution in [0.15, 0.2) is 54.6 Å². The Hall–Kier alpha value is -4.20. The van der Waals surface area contributed by atoms with Gasteiger partial charge in [-0.2, -0.15) is 0 Å². The molecule has 1 aliphatic rings. The first-order valence-electron chi connectivity index (χ1n) is 8.17. The van der Waals surface area contributed by atoms with Gasteiger partial charge in [0.25, 0.3) is 0 Å². The van der Waals surface area contributed by atoms with E-state index in [1.807, 2.05) is 0 Å². The van der Waals surface area contributed by atoms with E-state index in [1.54, 1.807) is 30.3 Å². The van der Waals surface area contributed by atoms with Crippen LogP contribution in [0.5, 0.6) is 11.5 Å². The first kappa shape index (κ1) is 17.2. The van der Waals surface area contributed by atoms with E-state index in [4.69, 9.17) is 0 Å². The van der Waals surface area contributed by atoms with E-state index in [1.165, 1.54) is 12.1 Å². The molecular formula is C20H12N2O6. The summed E-state index contributed by atoms with van der Waals surface area (Å²) in [4.78, 5) is 36.8. The molecule has 3 N–H and O–H groups in total. The normalized spacial score (nSPS) is 12.3. The van der Waals surface area contributed by atoms with E-state index in [9.17, 15) is 29.9 Å². The maximum absolute atomic E-state index is 13.0. The number of fused-ring (bicyclic) bond motifs is 2. The van der Waals surface area contributed by atoms with Crippen molar-refractivity contribution in [1.82, 2.24) is 0 Å². The number of carbonyl (C=O) groups is 2. The van der Waals surface area contributed by atoms with Gasteiger partial charge in [-0.25, -0.2) is 0 Å². The zero-order chi connectivity index (χ0) is 20.0. The number of nitrogens with zero attached hydrogens (tertiary/aromatic N) is 1. The van der Waals surface area contributed by atoms with Crippen molar-refractivity contribution in [3.8, 4) is 11.5 Å². The number of rotatable bonds is 3. The van der Waals surface area contributed by atoms with Crippen molar-refractivity contribution in [3.05, 3.63) is 87.0 Å². The van der Waals surface area contributed by atoms with Crippen molar-refractivity contribution in [2.45, 2.75) is 0 Å². The lowest BCUT2D eigenvalue weighted by atomic mass is 9.82. The number of anilines is 2. The summed E-state index contributed by atoms with van der Waals surface area (Å²) in [6.07, 6.45) is 0. The highest BCUT2D eigenvalue weighted by molar-refractivity contribution is 6.31. The van der Waals surface area contributed by atoms with Gasteiger partial charge in [-0.1, -0.05) is 18.2 Å². The third kappa shape index (κ3) is 2.55. The average Bonchev–Trinajstić information content (AvgIpc) is 2.65. The molecule has 4 rings (SSSR count). The molecule has 0 saturated heterocycles. The lowest BCUT2D eigenvalue weighted by molar-refractivity contribution is -0.384. The quantitative estimate of drug-likeness (QED) is 0.368. The Balaban J connectivity index is 1.95. The zero-order valence-electron chi connectivity index (χ0n) is 14.2. The minimum absolute atomic E-state index is 0.0453. The highest BCUT2D eigenvalue weighted by Crippen LogP contribution is 2.42. The average molecular weight is 376 g/mol. The largest absolute Gasteiger partial charge is 0.508 e. The second-order valence-electron chi connectivity index (χ2n) is 6.18. The smallest absolute Gasteiger partial charge is 0.304 e. The number of nitrogens with one attached hydrogen (secondary N) is 1. The molecule has 0 atom stereocenters. The molecule has 0 bridgehead atoms. The van der Waals surface area contributed by atoms with E-state index in [0.717, 1.165) is 12.1 Å². The first-order chi connectivity index (χ1) is 13.4. The summed E-state index contributed by atoms with van der Waals surface area (Å²) in [5.74, 6) is -2.54. The standard InChI is InChI=1S/C20H12N2O6/c23-11-8-13-16(15(24)9-11)19(25)12-6-7-14(21-10-4-2-1-3-5-10)18(22(27)28)17(12)20(13)26/h1-9,21,23-24H. The van der Waals surface area contributed by atoms with Gasteiger partial charge in [0.05, 0.1) is 10.5 Å². The third-order valence-corrected chi connectivity index (χ3v) is 4.46. The summed E-state index contributed by atoms with van der Waals surface area (Å²) in [6, 6.07) is 13.3. The van der Waals surface area contributed by atoms with Gasteiger partial charge in [-0.15, -0.1) is 0 Å². The first-order valence-corrected chi connectivity index (χ1v) is 8.17. The molecule has 8 nitrogen and oxygen atoms in total. The van der Waals surface area contributed by atoms with Gasteiger partial charge in [-0.3, -0.25) is 19.7 Å².